The Bertz CT molecular complexity index is 659. The van der Waals surface area contributed by atoms with Crippen LogP contribution in [0.1, 0.15) is 27.0 Å². The quantitative estimate of drug-likeness (QED) is 0.827. The number of amides is 1. The largest absolute Gasteiger partial charge is 0.348 e. The molecule has 0 heterocycles. The zero-order chi connectivity index (χ0) is 15.6. The van der Waals surface area contributed by atoms with E-state index in [9.17, 15) is 9.18 Å². The molecule has 0 saturated carbocycles. The van der Waals surface area contributed by atoms with Crippen LogP contribution in [0.3, 0.4) is 0 Å². The molecule has 0 atom stereocenters. The minimum absolute atomic E-state index is 0.205. The van der Waals surface area contributed by atoms with Crippen molar-refractivity contribution in [3.8, 4) is 0 Å². The average molecular weight is 371 g/mol. The van der Waals surface area contributed by atoms with Gasteiger partial charge in [0.05, 0.1) is 0 Å². The molecule has 0 fully saturated rings. The predicted octanol–water partition coefficient (Wildman–Crippen LogP) is 4.79. The summed E-state index contributed by atoms with van der Waals surface area (Å²) in [5.41, 5.74) is 2.49. The first kappa shape index (κ1) is 16.0. The van der Waals surface area contributed by atoms with Crippen LogP contribution in [0.15, 0.2) is 34.8 Å². The van der Waals surface area contributed by atoms with Crippen LogP contribution < -0.4 is 5.32 Å². The fraction of sp³-hybridized carbons (Fsp3) is 0.188. The van der Waals surface area contributed by atoms with Crippen molar-refractivity contribution in [1.29, 1.82) is 0 Å². The van der Waals surface area contributed by atoms with Crippen molar-refractivity contribution in [3.05, 3.63) is 67.9 Å². The second-order valence-corrected chi connectivity index (χ2v) is 6.24. The molecule has 5 heteroatoms. The Morgan fingerprint density at radius 3 is 2.38 bits per heavy atom. The summed E-state index contributed by atoms with van der Waals surface area (Å²) in [6, 6.07) is 8.48. The second-order valence-electron chi connectivity index (χ2n) is 4.88. The van der Waals surface area contributed by atoms with Gasteiger partial charge in [0.15, 0.2) is 0 Å². The van der Waals surface area contributed by atoms with Gasteiger partial charge in [-0.05, 0) is 48.7 Å². The molecule has 2 rings (SSSR count). The Morgan fingerprint density at radius 2 is 1.81 bits per heavy atom. The first-order valence-electron chi connectivity index (χ1n) is 6.36. The number of rotatable bonds is 3. The van der Waals surface area contributed by atoms with E-state index < -0.39 is 0 Å². The molecular formula is C16H14BrClFNO. The van der Waals surface area contributed by atoms with Gasteiger partial charge in [0, 0.05) is 21.6 Å². The summed E-state index contributed by atoms with van der Waals surface area (Å²) >= 11 is 9.22. The van der Waals surface area contributed by atoms with Gasteiger partial charge in [-0.3, -0.25) is 4.79 Å². The molecule has 0 aliphatic rings. The first-order valence-corrected chi connectivity index (χ1v) is 7.54. The summed E-state index contributed by atoms with van der Waals surface area (Å²) in [7, 11) is 0. The molecule has 0 bridgehead atoms. The third kappa shape index (κ3) is 4.05. The van der Waals surface area contributed by atoms with Crippen LogP contribution in [-0.2, 0) is 6.54 Å². The summed E-state index contributed by atoms with van der Waals surface area (Å²) in [6.07, 6.45) is 0. The van der Waals surface area contributed by atoms with Crippen molar-refractivity contribution in [1.82, 2.24) is 5.32 Å². The van der Waals surface area contributed by atoms with Gasteiger partial charge in [-0.2, -0.15) is 0 Å². The molecular weight excluding hydrogens is 357 g/mol. The van der Waals surface area contributed by atoms with Gasteiger partial charge < -0.3 is 5.32 Å². The Hall–Kier alpha value is -1.39. The molecule has 2 aromatic carbocycles. The molecule has 0 aromatic heterocycles. The number of carbonyl (C=O) groups is 1. The van der Waals surface area contributed by atoms with Gasteiger partial charge in [-0.25, -0.2) is 4.39 Å². The van der Waals surface area contributed by atoms with Crippen molar-refractivity contribution in [2.45, 2.75) is 20.4 Å². The van der Waals surface area contributed by atoms with Gasteiger partial charge in [-0.15, -0.1) is 0 Å². The molecule has 0 spiro atoms. The van der Waals surface area contributed by atoms with Gasteiger partial charge >= 0.3 is 0 Å². The minimum atomic E-state index is -0.224. The lowest BCUT2D eigenvalue weighted by atomic mass is 10.1. The summed E-state index contributed by atoms with van der Waals surface area (Å²) in [5.74, 6) is -0.429. The summed E-state index contributed by atoms with van der Waals surface area (Å²) in [4.78, 5) is 12.1. The van der Waals surface area contributed by atoms with E-state index in [1.165, 1.54) is 0 Å². The number of hydrogen-bond acceptors (Lipinski definition) is 1. The summed E-state index contributed by atoms with van der Waals surface area (Å²) in [6.45, 7) is 3.76. The second kappa shape index (κ2) is 6.58. The van der Waals surface area contributed by atoms with Crippen LogP contribution >= 0.6 is 27.5 Å². The van der Waals surface area contributed by atoms with E-state index in [1.807, 2.05) is 0 Å². The Labute approximate surface area is 136 Å². The van der Waals surface area contributed by atoms with Crippen LogP contribution in [-0.4, -0.2) is 5.91 Å². The van der Waals surface area contributed by atoms with E-state index in [0.29, 0.717) is 28.3 Å². The monoisotopic (exact) mass is 369 g/mol. The van der Waals surface area contributed by atoms with Crippen molar-refractivity contribution in [2.24, 2.45) is 0 Å². The first-order chi connectivity index (χ1) is 9.86. The molecule has 21 heavy (non-hydrogen) atoms. The highest BCUT2D eigenvalue weighted by molar-refractivity contribution is 9.10. The van der Waals surface area contributed by atoms with Crippen LogP contribution in [0, 0.1) is 19.7 Å². The number of nitrogens with one attached hydrogen (secondary N) is 1. The highest BCUT2D eigenvalue weighted by Gasteiger charge is 2.09. The molecule has 0 radical (unpaired) electrons. The van der Waals surface area contributed by atoms with Crippen molar-refractivity contribution >= 4 is 33.4 Å². The smallest absolute Gasteiger partial charge is 0.251 e. The standard InChI is InChI=1S/C16H14BrClFNO/c1-9-3-11(4-10(2)15(9)19)8-20-16(21)12-5-13(17)7-14(18)6-12/h3-7H,8H2,1-2H3,(H,20,21). The molecule has 1 amide bonds. The summed E-state index contributed by atoms with van der Waals surface area (Å²) < 4.78 is 14.3. The third-order valence-electron chi connectivity index (χ3n) is 3.07. The van der Waals surface area contributed by atoms with E-state index in [-0.39, 0.29) is 11.7 Å². The van der Waals surface area contributed by atoms with Gasteiger partial charge in [0.2, 0.25) is 0 Å². The number of halogens is 3. The molecule has 110 valence electrons. The molecule has 2 nitrogen and oxygen atoms in total. The molecule has 2 aromatic rings. The number of hydrogen-bond donors (Lipinski definition) is 1. The van der Waals surface area contributed by atoms with E-state index in [1.54, 1.807) is 44.2 Å². The molecule has 0 saturated heterocycles. The fourth-order valence-corrected chi connectivity index (χ4v) is 2.97. The highest BCUT2D eigenvalue weighted by atomic mass is 79.9. The molecule has 0 unspecified atom stereocenters. The maximum atomic E-state index is 13.6. The topological polar surface area (TPSA) is 29.1 Å². The lowest BCUT2D eigenvalue weighted by Crippen LogP contribution is -2.23. The van der Waals surface area contributed by atoms with Crippen LogP contribution in [0.25, 0.3) is 0 Å². The van der Waals surface area contributed by atoms with Crippen LogP contribution in [0.5, 0.6) is 0 Å². The molecule has 0 aliphatic heterocycles. The predicted molar refractivity (Wildman–Crippen MR) is 86.2 cm³/mol. The van der Waals surface area contributed by atoms with Crippen molar-refractivity contribution in [3.63, 3.8) is 0 Å². The SMILES string of the molecule is Cc1cc(CNC(=O)c2cc(Cl)cc(Br)c2)cc(C)c1F. The van der Waals surface area contributed by atoms with Gasteiger partial charge in [0.25, 0.3) is 5.91 Å². The Kier molecular flexibility index (Phi) is 5.01. The van der Waals surface area contributed by atoms with Crippen molar-refractivity contribution < 1.29 is 9.18 Å². The normalized spacial score (nSPS) is 10.5. The third-order valence-corrected chi connectivity index (χ3v) is 3.75. The summed E-state index contributed by atoms with van der Waals surface area (Å²) in [5, 5.41) is 3.29. The van der Waals surface area contributed by atoms with E-state index in [2.05, 4.69) is 21.2 Å². The maximum absolute atomic E-state index is 13.6. The maximum Gasteiger partial charge on any atom is 0.251 e. The highest BCUT2D eigenvalue weighted by Crippen LogP contribution is 2.20. The number of aryl methyl sites for hydroxylation is 2. The molecule has 1 N–H and O–H groups in total. The zero-order valence-corrected chi connectivity index (χ0v) is 14.0. The van der Waals surface area contributed by atoms with Gasteiger partial charge in [0.1, 0.15) is 5.82 Å². The lowest BCUT2D eigenvalue weighted by Gasteiger charge is -2.09. The zero-order valence-electron chi connectivity index (χ0n) is 11.6. The average Bonchev–Trinajstić information content (AvgIpc) is 2.40. The van der Waals surface area contributed by atoms with Crippen molar-refractivity contribution in [2.75, 3.05) is 0 Å². The van der Waals surface area contributed by atoms with E-state index in [0.717, 1.165) is 10.0 Å². The van der Waals surface area contributed by atoms with Gasteiger partial charge in [-0.1, -0.05) is 39.7 Å². The van der Waals surface area contributed by atoms with E-state index in [4.69, 9.17) is 11.6 Å². The fourth-order valence-electron chi connectivity index (χ4n) is 2.11. The Morgan fingerprint density at radius 1 is 1.19 bits per heavy atom. The molecule has 0 aliphatic carbocycles. The lowest BCUT2D eigenvalue weighted by molar-refractivity contribution is 0.0951. The van der Waals surface area contributed by atoms with Crippen LogP contribution in [0.2, 0.25) is 5.02 Å². The number of benzene rings is 2. The number of carbonyl (C=O) groups excluding carboxylic acids is 1. The Balaban J connectivity index is 2.11. The minimum Gasteiger partial charge on any atom is -0.348 e. The van der Waals surface area contributed by atoms with E-state index >= 15 is 0 Å². The van der Waals surface area contributed by atoms with Crippen LogP contribution in [0.4, 0.5) is 4.39 Å².